The van der Waals surface area contributed by atoms with Crippen LogP contribution in [0, 0.1) is 0 Å². The molecule has 14 heavy (non-hydrogen) atoms. The fourth-order valence-electron chi connectivity index (χ4n) is 1.09. The van der Waals surface area contributed by atoms with E-state index in [1.54, 1.807) is 6.07 Å². The summed E-state index contributed by atoms with van der Waals surface area (Å²) in [5, 5.41) is 18.2. The minimum atomic E-state index is -0.557. The lowest BCUT2D eigenvalue weighted by atomic mass is 10.0. The summed E-state index contributed by atoms with van der Waals surface area (Å²) in [5.74, 6) is -0.471. The normalized spacial score (nSPS) is 12.4. The van der Waals surface area contributed by atoms with Crippen molar-refractivity contribution in [3.05, 3.63) is 23.8 Å². The Morgan fingerprint density at radius 3 is 2.57 bits per heavy atom. The highest BCUT2D eigenvalue weighted by Gasteiger charge is 2.10. The van der Waals surface area contributed by atoms with E-state index in [1.165, 1.54) is 19.1 Å². The van der Waals surface area contributed by atoms with E-state index in [0.717, 1.165) is 5.56 Å². The monoisotopic (exact) mass is 195 g/mol. The number of nitrogens with two attached hydrogens (primary N) is 1. The molecule has 76 valence electrons. The molecule has 1 aromatic rings. The first-order valence-corrected chi connectivity index (χ1v) is 4.27. The molecule has 0 amide bonds. The molecule has 1 atom stereocenters. The van der Waals surface area contributed by atoms with E-state index in [2.05, 4.69) is 0 Å². The van der Waals surface area contributed by atoms with Crippen LogP contribution in [0.2, 0.25) is 0 Å². The average molecular weight is 195 g/mol. The third kappa shape index (κ3) is 2.47. The van der Waals surface area contributed by atoms with Crippen LogP contribution < -0.4 is 5.73 Å². The Bertz CT molecular complexity index is 349. The van der Waals surface area contributed by atoms with Crippen molar-refractivity contribution in [3.63, 3.8) is 0 Å². The lowest BCUT2D eigenvalue weighted by molar-refractivity contribution is -0.118. The predicted octanol–water partition coefficient (Wildman–Crippen LogP) is 0.557. The van der Waals surface area contributed by atoms with Gasteiger partial charge >= 0.3 is 0 Å². The fourth-order valence-corrected chi connectivity index (χ4v) is 1.09. The van der Waals surface area contributed by atoms with Crippen LogP contribution >= 0.6 is 0 Å². The fraction of sp³-hybridized carbons (Fsp3) is 0.300. The van der Waals surface area contributed by atoms with Gasteiger partial charge in [-0.3, -0.25) is 4.79 Å². The summed E-state index contributed by atoms with van der Waals surface area (Å²) in [6.45, 7) is 1.42. The van der Waals surface area contributed by atoms with Gasteiger partial charge in [0.2, 0.25) is 0 Å². The van der Waals surface area contributed by atoms with Crippen LogP contribution in [0.25, 0.3) is 0 Å². The number of carbonyl (C=O) groups excluding carboxylic acids is 1. The number of benzene rings is 1. The highest BCUT2D eigenvalue weighted by Crippen LogP contribution is 2.25. The molecular weight excluding hydrogens is 182 g/mol. The van der Waals surface area contributed by atoms with Gasteiger partial charge in [0.25, 0.3) is 0 Å². The van der Waals surface area contributed by atoms with E-state index in [9.17, 15) is 9.90 Å². The summed E-state index contributed by atoms with van der Waals surface area (Å²) >= 11 is 0. The van der Waals surface area contributed by atoms with Crippen LogP contribution in [-0.4, -0.2) is 22.0 Å². The Kier molecular flexibility index (Phi) is 3.09. The highest BCUT2D eigenvalue weighted by molar-refractivity contribution is 5.81. The number of carbonyl (C=O) groups is 1. The van der Waals surface area contributed by atoms with Crippen LogP contribution in [0.1, 0.15) is 12.5 Å². The van der Waals surface area contributed by atoms with Gasteiger partial charge in [-0.1, -0.05) is 6.07 Å². The van der Waals surface area contributed by atoms with Crippen molar-refractivity contribution in [2.75, 3.05) is 0 Å². The molecule has 0 saturated heterocycles. The van der Waals surface area contributed by atoms with Gasteiger partial charge in [-0.05, 0) is 31.0 Å². The first-order chi connectivity index (χ1) is 6.50. The number of Topliss-reactive ketones (excluding diaryl/α,β-unsaturated/α-hetero) is 1. The van der Waals surface area contributed by atoms with Gasteiger partial charge in [0.05, 0.1) is 6.04 Å². The Morgan fingerprint density at radius 2 is 2.07 bits per heavy atom. The smallest absolute Gasteiger partial charge is 0.157 e. The largest absolute Gasteiger partial charge is 0.504 e. The number of phenolic OH excluding ortho intramolecular Hbond substituents is 2. The molecule has 4 N–H and O–H groups in total. The molecule has 0 spiro atoms. The zero-order chi connectivity index (χ0) is 10.7. The maximum absolute atomic E-state index is 10.9. The number of hydrogen-bond acceptors (Lipinski definition) is 4. The Morgan fingerprint density at radius 1 is 1.43 bits per heavy atom. The average Bonchev–Trinajstić information content (AvgIpc) is 2.11. The summed E-state index contributed by atoms with van der Waals surface area (Å²) in [4.78, 5) is 10.9. The van der Waals surface area contributed by atoms with Crippen molar-refractivity contribution in [2.45, 2.75) is 19.4 Å². The molecule has 4 heteroatoms. The number of ketones is 1. The van der Waals surface area contributed by atoms with Gasteiger partial charge < -0.3 is 15.9 Å². The SMILES string of the molecule is CC(=O)[C@@H](N)Cc1ccc(O)c(O)c1. The van der Waals surface area contributed by atoms with Crippen LogP contribution in [0.4, 0.5) is 0 Å². The van der Waals surface area contributed by atoms with Gasteiger partial charge in [0.15, 0.2) is 11.5 Å². The van der Waals surface area contributed by atoms with Crippen molar-refractivity contribution in [1.82, 2.24) is 0 Å². The molecule has 0 heterocycles. The summed E-state index contributed by atoms with van der Waals surface area (Å²) in [7, 11) is 0. The Balaban J connectivity index is 2.78. The molecule has 0 fully saturated rings. The highest BCUT2D eigenvalue weighted by atomic mass is 16.3. The summed E-state index contributed by atoms with van der Waals surface area (Å²) in [5.41, 5.74) is 6.27. The summed E-state index contributed by atoms with van der Waals surface area (Å²) in [6.07, 6.45) is 0.364. The summed E-state index contributed by atoms with van der Waals surface area (Å²) in [6, 6.07) is 3.84. The maximum Gasteiger partial charge on any atom is 0.157 e. The number of rotatable bonds is 3. The lowest BCUT2D eigenvalue weighted by Crippen LogP contribution is -2.30. The molecule has 0 unspecified atom stereocenters. The second-order valence-electron chi connectivity index (χ2n) is 3.24. The van der Waals surface area contributed by atoms with Gasteiger partial charge in [-0.25, -0.2) is 0 Å². The van der Waals surface area contributed by atoms with Crippen LogP contribution in [0.3, 0.4) is 0 Å². The summed E-state index contributed by atoms with van der Waals surface area (Å²) < 4.78 is 0. The second-order valence-corrected chi connectivity index (χ2v) is 3.24. The van der Waals surface area contributed by atoms with E-state index in [-0.39, 0.29) is 17.3 Å². The lowest BCUT2D eigenvalue weighted by Gasteiger charge is -2.08. The van der Waals surface area contributed by atoms with Crippen molar-refractivity contribution in [2.24, 2.45) is 5.73 Å². The molecule has 4 nitrogen and oxygen atoms in total. The molecular formula is C10H13NO3. The van der Waals surface area contributed by atoms with E-state index >= 15 is 0 Å². The van der Waals surface area contributed by atoms with Crippen LogP contribution in [0.5, 0.6) is 11.5 Å². The van der Waals surface area contributed by atoms with Crippen molar-refractivity contribution < 1.29 is 15.0 Å². The molecule has 0 bridgehead atoms. The zero-order valence-corrected chi connectivity index (χ0v) is 7.90. The van der Waals surface area contributed by atoms with Crippen LogP contribution in [-0.2, 0) is 11.2 Å². The first kappa shape index (κ1) is 10.5. The van der Waals surface area contributed by atoms with Crippen molar-refractivity contribution in [1.29, 1.82) is 0 Å². The van der Waals surface area contributed by atoms with E-state index in [1.807, 2.05) is 0 Å². The van der Waals surface area contributed by atoms with Gasteiger partial charge in [0, 0.05) is 0 Å². The third-order valence-corrected chi connectivity index (χ3v) is 2.02. The Hall–Kier alpha value is -1.55. The van der Waals surface area contributed by atoms with E-state index in [4.69, 9.17) is 10.8 Å². The number of hydrogen-bond donors (Lipinski definition) is 3. The molecule has 1 aromatic carbocycles. The minimum Gasteiger partial charge on any atom is -0.504 e. The molecule has 0 aliphatic carbocycles. The van der Waals surface area contributed by atoms with Gasteiger partial charge in [-0.2, -0.15) is 0 Å². The molecule has 0 saturated carbocycles. The molecule has 0 aromatic heterocycles. The molecule has 0 radical (unpaired) electrons. The van der Waals surface area contributed by atoms with Gasteiger partial charge in [0.1, 0.15) is 5.78 Å². The predicted molar refractivity (Wildman–Crippen MR) is 52.1 cm³/mol. The maximum atomic E-state index is 10.9. The first-order valence-electron chi connectivity index (χ1n) is 4.27. The zero-order valence-electron chi connectivity index (χ0n) is 7.90. The molecule has 0 aliphatic heterocycles. The van der Waals surface area contributed by atoms with Gasteiger partial charge in [-0.15, -0.1) is 0 Å². The van der Waals surface area contributed by atoms with Crippen molar-refractivity contribution >= 4 is 5.78 Å². The molecule has 1 rings (SSSR count). The molecule has 0 aliphatic rings. The second kappa shape index (κ2) is 4.11. The topological polar surface area (TPSA) is 83.6 Å². The third-order valence-electron chi connectivity index (χ3n) is 2.02. The number of aromatic hydroxyl groups is 2. The van der Waals surface area contributed by atoms with E-state index < -0.39 is 6.04 Å². The Labute approximate surface area is 82.0 Å². The van der Waals surface area contributed by atoms with E-state index in [0.29, 0.717) is 6.42 Å². The van der Waals surface area contributed by atoms with Crippen molar-refractivity contribution in [3.8, 4) is 11.5 Å². The number of phenols is 2. The minimum absolute atomic E-state index is 0.0995. The standard InChI is InChI=1S/C10H13NO3/c1-6(12)8(11)4-7-2-3-9(13)10(14)5-7/h2-3,5,8,13-14H,4,11H2,1H3/t8-/m0/s1. The quantitative estimate of drug-likeness (QED) is 0.615. The van der Waals surface area contributed by atoms with Crippen LogP contribution in [0.15, 0.2) is 18.2 Å².